The first kappa shape index (κ1) is 9.72. The van der Waals surface area contributed by atoms with Crippen LogP contribution in [0.5, 0.6) is 0 Å². The van der Waals surface area contributed by atoms with Crippen molar-refractivity contribution in [2.75, 3.05) is 0 Å². The summed E-state index contributed by atoms with van der Waals surface area (Å²) in [7, 11) is 0. The van der Waals surface area contributed by atoms with Gasteiger partial charge in [-0.2, -0.15) is 0 Å². The fourth-order valence-corrected chi connectivity index (χ4v) is 1.04. The molecule has 0 N–H and O–H groups in total. The monoisotopic (exact) mass is 173 g/mol. The third-order valence-corrected chi connectivity index (χ3v) is 1.74. The second-order valence-corrected chi connectivity index (χ2v) is 2.87. The van der Waals surface area contributed by atoms with Crippen molar-refractivity contribution in [3.63, 3.8) is 0 Å². The van der Waals surface area contributed by atoms with Gasteiger partial charge in [-0.05, 0) is 31.4 Å². The van der Waals surface area contributed by atoms with Crippen molar-refractivity contribution in [3.05, 3.63) is 43.0 Å². The SMILES string of the molecule is C=CCCCC=Nc1ccccc1. The van der Waals surface area contributed by atoms with Gasteiger partial charge in [-0.15, -0.1) is 6.58 Å². The average molecular weight is 173 g/mol. The Labute approximate surface area is 79.8 Å². The maximum absolute atomic E-state index is 4.32. The molecule has 13 heavy (non-hydrogen) atoms. The number of rotatable bonds is 5. The molecule has 0 heterocycles. The highest BCUT2D eigenvalue weighted by atomic mass is 14.7. The molecule has 0 spiro atoms. The highest BCUT2D eigenvalue weighted by molar-refractivity contribution is 5.62. The van der Waals surface area contributed by atoms with Gasteiger partial charge in [0.1, 0.15) is 0 Å². The van der Waals surface area contributed by atoms with Gasteiger partial charge in [-0.1, -0.05) is 24.3 Å². The molecule has 1 aromatic rings. The molecular weight excluding hydrogens is 158 g/mol. The van der Waals surface area contributed by atoms with Gasteiger partial charge in [-0.25, -0.2) is 0 Å². The standard InChI is InChI=1S/C12H15N/c1-2-3-4-8-11-13-12-9-6-5-7-10-12/h2,5-7,9-11H,1,3-4,8H2. The van der Waals surface area contributed by atoms with E-state index in [9.17, 15) is 0 Å². The molecule has 0 unspecified atom stereocenters. The van der Waals surface area contributed by atoms with Crippen LogP contribution < -0.4 is 0 Å². The Bertz CT molecular complexity index is 262. The first-order valence-corrected chi connectivity index (χ1v) is 4.62. The van der Waals surface area contributed by atoms with Crippen LogP contribution in [0.2, 0.25) is 0 Å². The maximum Gasteiger partial charge on any atom is 0.0625 e. The van der Waals surface area contributed by atoms with Crippen molar-refractivity contribution >= 4 is 11.9 Å². The maximum atomic E-state index is 4.32. The number of allylic oxidation sites excluding steroid dienone is 1. The first-order chi connectivity index (χ1) is 6.43. The molecule has 0 aliphatic heterocycles. The van der Waals surface area contributed by atoms with E-state index in [0.717, 1.165) is 24.9 Å². The minimum absolute atomic E-state index is 1.03. The zero-order chi connectivity index (χ0) is 9.36. The topological polar surface area (TPSA) is 12.4 Å². The smallest absolute Gasteiger partial charge is 0.0625 e. The molecule has 0 fully saturated rings. The Morgan fingerprint density at radius 1 is 1.15 bits per heavy atom. The summed E-state index contributed by atoms with van der Waals surface area (Å²) in [5.41, 5.74) is 1.03. The first-order valence-electron chi connectivity index (χ1n) is 4.62. The normalized spacial score (nSPS) is 10.5. The third kappa shape index (κ3) is 4.26. The van der Waals surface area contributed by atoms with E-state index in [1.807, 2.05) is 42.6 Å². The van der Waals surface area contributed by atoms with E-state index in [0.29, 0.717) is 0 Å². The number of aliphatic imine (C=N–C) groups is 1. The summed E-state index contributed by atoms with van der Waals surface area (Å²) < 4.78 is 0. The van der Waals surface area contributed by atoms with Gasteiger partial charge in [-0.3, -0.25) is 4.99 Å². The molecule has 0 atom stereocenters. The summed E-state index contributed by atoms with van der Waals surface area (Å²) in [5.74, 6) is 0. The van der Waals surface area contributed by atoms with Crippen molar-refractivity contribution in [3.8, 4) is 0 Å². The predicted molar refractivity (Wildman–Crippen MR) is 58.6 cm³/mol. The van der Waals surface area contributed by atoms with Crippen LogP contribution in [-0.2, 0) is 0 Å². The van der Waals surface area contributed by atoms with Crippen molar-refractivity contribution in [2.24, 2.45) is 4.99 Å². The van der Waals surface area contributed by atoms with Crippen LogP contribution in [0.15, 0.2) is 48.0 Å². The Morgan fingerprint density at radius 2 is 1.92 bits per heavy atom. The minimum Gasteiger partial charge on any atom is -0.261 e. The van der Waals surface area contributed by atoms with Gasteiger partial charge in [0.2, 0.25) is 0 Å². The van der Waals surface area contributed by atoms with Crippen LogP contribution in [0.4, 0.5) is 5.69 Å². The second kappa shape index (κ2) is 6.18. The average Bonchev–Trinajstić information content (AvgIpc) is 2.19. The zero-order valence-electron chi connectivity index (χ0n) is 7.82. The molecule has 68 valence electrons. The van der Waals surface area contributed by atoms with E-state index in [1.54, 1.807) is 0 Å². The largest absolute Gasteiger partial charge is 0.261 e. The molecule has 0 radical (unpaired) electrons. The molecule has 0 saturated heterocycles. The Hall–Kier alpha value is -1.37. The highest BCUT2D eigenvalue weighted by Gasteiger charge is 1.83. The van der Waals surface area contributed by atoms with Crippen LogP contribution >= 0.6 is 0 Å². The fraction of sp³-hybridized carbons (Fsp3) is 0.250. The predicted octanol–water partition coefficient (Wildman–Crippen LogP) is 3.75. The van der Waals surface area contributed by atoms with Gasteiger partial charge in [0.15, 0.2) is 0 Å². The number of para-hydroxylation sites is 1. The Balaban J connectivity index is 2.28. The molecule has 1 aromatic carbocycles. The van der Waals surface area contributed by atoms with E-state index in [2.05, 4.69) is 11.6 Å². The Kier molecular flexibility index (Phi) is 4.62. The molecular formula is C12H15N. The number of unbranched alkanes of at least 4 members (excludes halogenated alkanes) is 2. The van der Waals surface area contributed by atoms with Gasteiger partial charge < -0.3 is 0 Å². The molecule has 0 aliphatic carbocycles. The summed E-state index contributed by atoms with van der Waals surface area (Å²) in [5, 5.41) is 0. The molecule has 1 heteroatoms. The minimum atomic E-state index is 1.03. The number of hydrogen-bond donors (Lipinski definition) is 0. The molecule has 0 saturated carbocycles. The number of nitrogens with zero attached hydrogens (tertiary/aromatic N) is 1. The third-order valence-electron chi connectivity index (χ3n) is 1.74. The van der Waals surface area contributed by atoms with Crippen LogP contribution in [0.1, 0.15) is 19.3 Å². The lowest BCUT2D eigenvalue weighted by Crippen LogP contribution is -1.74. The van der Waals surface area contributed by atoms with Gasteiger partial charge in [0.25, 0.3) is 0 Å². The van der Waals surface area contributed by atoms with Crippen molar-refractivity contribution in [2.45, 2.75) is 19.3 Å². The van der Waals surface area contributed by atoms with Crippen LogP contribution in [-0.4, -0.2) is 6.21 Å². The lowest BCUT2D eigenvalue weighted by Gasteiger charge is -1.91. The second-order valence-electron chi connectivity index (χ2n) is 2.87. The number of benzene rings is 1. The Morgan fingerprint density at radius 3 is 2.62 bits per heavy atom. The molecule has 1 rings (SSSR count). The van der Waals surface area contributed by atoms with E-state index in [-0.39, 0.29) is 0 Å². The highest BCUT2D eigenvalue weighted by Crippen LogP contribution is 2.08. The van der Waals surface area contributed by atoms with Crippen molar-refractivity contribution < 1.29 is 0 Å². The lowest BCUT2D eigenvalue weighted by atomic mass is 10.2. The van der Waals surface area contributed by atoms with Crippen LogP contribution in [0.3, 0.4) is 0 Å². The summed E-state index contributed by atoms with van der Waals surface area (Å²) in [4.78, 5) is 4.32. The lowest BCUT2D eigenvalue weighted by molar-refractivity contribution is 0.905. The van der Waals surface area contributed by atoms with E-state index >= 15 is 0 Å². The summed E-state index contributed by atoms with van der Waals surface area (Å²) in [6.45, 7) is 3.67. The van der Waals surface area contributed by atoms with Gasteiger partial charge in [0, 0.05) is 6.21 Å². The summed E-state index contributed by atoms with van der Waals surface area (Å²) in [6, 6.07) is 10.00. The van der Waals surface area contributed by atoms with Gasteiger partial charge in [0.05, 0.1) is 5.69 Å². The van der Waals surface area contributed by atoms with Crippen LogP contribution in [0, 0.1) is 0 Å². The molecule has 0 amide bonds. The number of hydrogen-bond acceptors (Lipinski definition) is 1. The van der Waals surface area contributed by atoms with Crippen molar-refractivity contribution in [1.82, 2.24) is 0 Å². The van der Waals surface area contributed by atoms with E-state index < -0.39 is 0 Å². The zero-order valence-corrected chi connectivity index (χ0v) is 7.82. The molecule has 0 bridgehead atoms. The molecule has 0 aromatic heterocycles. The quantitative estimate of drug-likeness (QED) is 0.365. The van der Waals surface area contributed by atoms with E-state index in [4.69, 9.17) is 0 Å². The van der Waals surface area contributed by atoms with Crippen LogP contribution in [0.25, 0.3) is 0 Å². The fourth-order valence-electron chi connectivity index (χ4n) is 1.04. The molecule has 0 aliphatic rings. The summed E-state index contributed by atoms with van der Waals surface area (Å²) >= 11 is 0. The van der Waals surface area contributed by atoms with Gasteiger partial charge >= 0.3 is 0 Å². The molecule has 1 nitrogen and oxygen atoms in total. The van der Waals surface area contributed by atoms with E-state index in [1.165, 1.54) is 0 Å². The summed E-state index contributed by atoms with van der Waals surface area (Å²) in [6.07, 6.45) is 7.15. The van der Waals surface area contributed by atoms with Crippen molar-refractivity contribution in [1.29, 1.82) is 0 Å².